The SMILES string of the molecule is O=C(O)c1cc(NC(=O)N2CCCC2CO)ccc1O. The first-order chi connectivity index (χ1) is 9.52. The Bertz CT molecular complexity index is 531. The minimum Gasteiger partial charge on any atom is -0.507 e. The number of anilines is 1. The van der Waals surface area contributed by atoms with Crippen molar-refractivity contribution in [1.29, 1.82) is 0 Å². The monoisotopic (exact) mass is 280 g/mol. The Labute approximate surface area is 115 Å². The van der Waals surface area contributed by atoms with Gasteiger partial charge in [0.05, 0.1) is 12.6 Å². The number of urea groups is 1. The summed E-state index contributed by atoms with van der Waals surface area (Å²) in [7, 11) is 0. The molecule has 1 saturated heterocycles. The van der Waals surface area contributed by atoms with Crippen molar-refractivity contribution in [2.45, 2.75) is 18.9 Å². The Morgan fingerprint density at radius 3 is 2.80 bits per heavy atom. The molecule has 1 aliphatic heterocycles. The second-order valence-corrected chi connectivity index (χ2v) is 4.64. The van der Waals surface area contributed by atoms with Gasteiger partial charge in [0.15, 0.2) is 0 Å². The molecule has 0 radical (unpaired) electrons. The number of rotatable bonds is 3. The first kappa shape index (κ1) is 14.1. The predicted molar refractivity (Wildman–Crippen MR) is 70.9 cm³/mol. The topological polar surface area (TPSA) is 110 Å². The van der Waals surface area contributed by atoms with Crippen molar-refractivity contribution in [3.63, 3.8) is 0 Å². The number of carboxylic acids is 1. The van der Waals surface area contributed by atoms with Gasteiger partial charge >= 0.3 is 12.0 Å². The lowest BCUT2D eigenvalue weighted by Crippen LogP contribution is -2.40. The van der Waals surface area contributed by atoms with Crippen LogP contribution >= 0.6 is 0 Å². The minimum absolute atomic E-state index is 0.0939. The van der Waals surface area contributed by atoms with Crippen molar-refractivity contribution in [1.82, 2.24) is 4.90 Å². The largest absolute Gasteiger partial charge is 0.507 e. The van der Waals surface area contributed by atoms with Crippen LogP contribution in [0, 0.1) is 0 Å². The first-order valence-electron chi connectivity index (χ1n) is 6.27. The maximum absolute atomic E-state index is 12.0. The zero-order valence-electron chi connectivity index (χ0n) is 10.7. The fourth-order valence-electron chi connectivity index (χ4n) is 2.27. The van der Waals surface area contributed by atoms with Crippen LogP contribution in [-0.2, 0) is 0 Å². The van der Waals surface area contributed by atoms with Crippen LogP contribution in [0.1, 0.15) is 23.2 Å². The second kappa shape index (κ2) is 5.79. The molecular weight excluding hydrogens is 264 g/mol. The Morgan fingerprint density at radius 1 is 1.40 bits per heavy atom. The van der Waals surface area contributed by atoms with Gasteiger partial charge in [-0.15, -0.1) is 0 Å². The van der Waals surface area contributed by atoms with Crippen LogP contribution in [0.5, 0.6) is 5.75 Å². The molecule has 4 N–H and O–H groups in total. The molecule has 7 heteroatoms. The summed E-state index contributed by atoms with van der Waals surface area (Å²) in [5.74, 6) is -1.63. The van der Waals surface area contributed by atoms with E-state index in [4.69, 9.17) is 5.11 Å². The summed E-state index contributed by atoms with van der Waals surface area (Å²) in [6.45, 7) is 0.463. The van der Waals surface area contributed by atoms with Crippen LogP contribution in [0.4, 0.5) is 10.5 Å². The number of hydrogen-bond acceptors (Lipinski definition) is 4. The van der Waals surface area contributed by atoms with Crippen LogP contribution < -0.4 is 5.32 Å². The standard InChI is InChI=1S/C13H16N2O5/c16-7-9-2-1-5-15(9)13(20)14-8-3-4-11(17)10(6-8)12(18)19/h3-4,6,9,16-17H,1-2,5,7H2,(H,14,20)(H,18,19). The van der Waals surface area contributed by atoms with Gasteiger partial charge in [0.2, 0.25) is 0 Å². The van der Waals surface area contributed by atoms with Gasteiger partial charge in [0.1, 0.15) is 11.3 Å². The number of nitrogens with one attached hydrogen (secondary N) is 1. The molecule has 0 aliphatic carbocycles. The molecular formula is C13H16N2O5. The second-order valence-electron chi connectivity index (χ2n) is 4.64. The normalized spacial score (nSPS) is 18.1. The lowest BCUT2D eigenvalue weighted by molar-refractivity contribution is 0.0693. The fourth-order valence-corrected chi connectivity index (χ4v) is 2.27. The van der Waals surface area contributed by atoms with Crippen LogP contribution in [0.2, 0.25) is 0 Å². The van der Waals surface area contributed by atoms with Crippen molar-refractivity contribution in [3.05, 3.63) is 23.8 Å². The van der Waals surface area contributed by atoms with E-state index < -0.39 is 5.97 Å². The van der Waals surface area contributed by atoms with E-state index in [1.54, 1.807) is 0 Å². The molecule has 1 aliphatic rings. The molecule has 1 aromatic carbocycles. The van der Waals surface area contributed by atoms with Crippen molar-refractivity contribution in [3.8, 4) is 5.75 Å². The van der Waals surface area contributed by atoms with Gasteiger partial charge in [-0.1, -0.05) is 0 Å². The van der Waals surface area contributed by atoms with E-state index in [9.17, 15) is 19.8 Å². The average Bonchev–Trinajstić information content (AvgIpc) is 2.89. The summed E-state index contributed by atoms with van der Waals surface area (Å²) in [5, 5.41) is 30.0. The number of likely N-dealkylation sites (tertiary alicyclic amines) is 1. The number of amides is 2. The number of aromatic carboxylic acids is 1. The maximum Gasteiger partial charge on any atom is 0.339 e. The number of aromatic hydroxyl groups is 1. The summed E-state index contributed by atoms with van der Waals surface area (Å²) in [6.07, 6.45) is 1.58. The molecule has 1 aromatic rings. The molecule has 1 atom stereocenters. The van der Waals surface area contributed by atoms with Crippen LogP contribution in [0.3, 0.4) is 0 Å². The predicted octanol–water partition coefficient (Wildman–Crippen LogP) is 1.08. The summed E-state index contributed by atoms with van der Waals surface area (Å²) >= 11 is 0. The number of carboxylic acid groups (broad SMARTS) is 1. The smallest absolute Gasteiger partial charge is 0.339 e. The Balaban J connectivity index is 2.12. The third-order valence-electron chi connectivity index (χ3n) is 3.33. The van der Waals surface area contributed by atoms with E-state index in [0.29, 0.717) is 6.54 Å². The number of benzene rings is 1. The summed E-state index contributed by atoms with van der Waals surface area (Å²) < 4.78 is 0. The van der Waals surface area contributed by atoms with E-state index in [-0.39, 0.29) is 35.7 Å². The lowest BCUT2D eigenvalue weighted by atomic mass is 10.2. The maximum atomic E-state index is 12.0. The highest BCUT2D eigenvalue weighted by Crippen LogP contribution is 2.23. The van der Waals surface area contributed by atoms with E-state index in [1.807, 2.05) is 0 Å². The number of carbonyl (C=O) groups is 2. The molecule has 2 rings (SSSR count). The molecule has 108 valence electrons. The molecule has 7 nitrogen and oxygen atoms in total. The number of phenols is 1. The summed E-state index contributed by atoms with van der Waals surface area (Å²) in [6, 6.07) is 3.24. The van der Waals surface area contributed by atoms with E-state index >= 15 is 0 Å². The van der Waals surface area contributed by atoms with Gasteiger partial charge in [-0.2, -0.15) is 0 Å². The quantitative estimate of drug-likeness (QED) is 0.619. The van der Waals surface area contributed by atoms with E-state index in [0.717, 1.165) is 12.8 Å². The highest BCUT2D eigenvalue weighted by molar-refractivity contribution is 5.95. The Hall–Kier alpha value is -2.28. The zero-order chi connectivity index (χ0) is 14.7. The van der Waals surface area contributed by atoms with Gasteiger partial charge in [-0.05, 0) is 31.0 Å². The molecule has 1 unspecified atom stereocenters. The van der Waals surface area contributed by atoms with Crippen LogP contribution in [0.15, 0.2) is 18.2 Å². The van der Waals surface area contributed by atoms with Gasteiger partial charge in [-0.25, -0.2) is 9.59 Å². The highest BCUT2D eigenvalue weighted by atomic mass is 16.4. The number of hydrogen-bond donors (Lipinski definition) is 4. The molecule has 0 aromatic heterocycles. The number of carbonyl (C=O) groups excluding carboxylic acids is 1. The summed E-state index contributed by atoms with van der Waals surface area (Å²) in [5.41, 5.74) is 0.0109. The van der Waals surface area contributed by atoms with Crippen LogP contribution in [0.25, 0.3) is 0 Å². The first-order valence-corrected chi connectivity index (χ1v) is 6.27. The fraction of sp³-hybridized carbons (Fsp3) is 0.385. The van der Waals surface area contributed by atoms with Gasteiger partial charge < -0.3 is 25.5 Å². The molecule has 0 spiro atoms. The van der Waals surface area contributed by atoms with Crippen molar-refractivity contribution in [2.75, 3.05) is 18.5 Å². The van der Waals surface area contributed by atoms with Crippen molar-refractivity contribution in [2.24, 2.45) is 0 Å². The Morgan fingerprint density at radius 2 is 2.15 bits per heavy atom. The molecule has 0 bridgehead atoms. The molecule has 0 saturated carbocycles. The van der Waals surface area contributed by atoms with Crippen molar-refractivity contribution >= 4 is 17.7 Å². The number of aliphatic hydroxyl groups is 1. The number of nitrogens with zero attached hydrogens (tertiary/aromatic N) is 1. The third kappa shape index (κ3) is 2.83. The van der Waals surface area contributed by atoms with E-state index in [1.165, 1.54) is 23.1 Å². The minimum atomic E-state index is -1.27. The van der Waals surface area contributed by atoms with Gasteiger partial charge in [0, 0.05) is 12.2 Å². The highest BCUT2D eigenvalue weighted by Gasteiger charge is 2.28. The number of aliphatic hydroxyl groups excluding tert-OH is 1. The van der Waals surface area contributed by atoms with Crippen LogP contribution in [-0.4, -0.2) is 51.4 Å². The van der Waals surface area contributed by atoms with E-state index in [2.05, 4.69) is 5.32 Å². The molecule has 1 heterocycles. The summed E-state index contributed by atoms with van der Waals surface area (Å²) in [4.78, 5) is 24.5. The molecule has 2 amide bonds. The van der Waals surface area contributed by atoms with Gasteiger partial charge in [-0.3, -0.25) is 0 Å². The average molecular weight is 280 g/mol. The van der Waals surface area contributed by atoms with Crippen molar-refractivity contribution < 1.29 is 24.9 Å². The third-order valence-corrected chi connectivity index (χ3v) is 3.33. The zero-order valence-corrected chi connectivity index (χ0v) is 10.7. The Kier molecular flexibility index (Phi) is 4.09. The lowest BCUT2D eigenvalue weighted by Gasteiger charge is -2.23. The molecule has 20 heavy (non-hydrogen) atoms. The van der Waals surface area contributed by atoms with Gasteiger partial charge in [0.25, 0.3) is 0 Å². The molecule has 1 fully saturated rings.